The van der Waals surface area contributed by atoms with Crippen LogP contribution in [0.4, 0.5) is 4.39 Å². The molecule has 0 bridgehead atoms. The average Bonchev–Trinajstić information content (AvgIpc) is 2.39. The first kappa shape index (κ1) is 13.2. The summed E-state index contributed by atoms with van der Waals surface area (Å²) in [4.78, 5) is 8.73. The molecule has 1 heterocycles. The molecule has 0 aliphatic carbocycles. The van der Waals surface area contributed by atoms with Crippen LogP contribution in [0.5, 0.6) is 0 Å². The molecular formula is C15H14FN3. The fourth-order valence-corrected chi connectivity index (χ4v) is 1.86. The molecule has 0 fully saturated rings. The largest absolute Gasteiger partial charge is 0.238 e. The molecule has 0 saturated carbocycles. The van der Waals surface area contributed by atoms with Crippen molar-refractivity contribution in [3.63, 3.8) is 0 Å². The van der Waals surface area contributed by atoms with E-state index in [0.29, 0.717) is 24.2 Å². The molecule has 0 saturated heterocycles. The Morgan fingerprint density at radius 3 is 2.68 bits per heavy atom. The van der Waals surface area contributed by atoms with Crippen LogP contribution in [-0.2, 0) is 6.42 Å². The van der Waals surface area contributed by atoms with Crippen molar-refractivity contribution >= 4 is 0 Å². The normalized spacial score (nSPS) is 10.2. The highest BCUT2D eigenvalue weighted by molar-refractivity contribution is 5.60. The molecule has 0 unspecified atom stereocenters. The van der Waals surface area contributed by atoms with E-state index in [4.69, 9.17) is 5.26 Å². The summed E-state index contributed by atoms with van der Waals surface area (Å²) in [5.41, 5.74) is 3.07. The van der Waals surface area contributed by atoms with Crippen molar-refractivity contribution in [2.45, 2.75) is 26.7 Å². The van der Waals surface area contributed by atoms with Gasteiger partial charge in [-0.3, -0.25) is 0 Å². The third-order valence-corrected chi connectivity index (χ3v) is 2.81. The highest BCUT2D eigenvalue weighted by Crippen LogP contribution is 2.21. The van der Waals surface area contributed by atoms with Crippen LogP contribution in [0.25, 0.3) is 11.3 Å². The van der Waals surface area contributed by atoms with Gasteiger partial charge in [0.2, 0.25) is 0 Å². The summed E-state index contributed by atoms with van der Waals surface area (Å²) in [7, 11) is 0. The van der Waals surface area contributed by atoms with Crippen molar-refractivity contribution in [3.8, 4) is 17.3 Å². The number of aryl methyl sites for hydroxylation is 3. The molecule has 0 atom stereocenters. The minimum absolute atomic E-state index is 0.223. The molecule has 2 rings (SSSR count). The minimum atomic E-state index is -0.223. The number of nitriles is 1. The van der Waals surface area contributed by atoms with Gasteiger partial charge in [-0.1, -0.05) is 0 Å². The number of benzene rings is 1. The van der Waals surface area contributed by atoms with Crippen molar-refractivity contribution in [2.75, 3.05) is 0 Å². The van der Waals surface area contributed by atoms with E-state index in [-0.39, 0.29) is 5.82 Å². The van der Waals surface area contributed by atoms with Crippen LogP contribution in [0, 0.1) is 31.0 Å². The van der Waals surface area contributed by atoms with Crippen LogP contribution < -0.4 is 0 Å². The zero-order valence-corrected chi connectivity index (χ0v) is 10.9. The maximum absolute atomic E-state index is 13.3. The third-order valence-electron chi connectivity index (χ3n) is 2.81. The first-order chi connectivity index (χ1) is 9.10. The average molecular weight is 255 g/mol. The Balaban J connectivity index is 2.41. The second kappa shape index (κ2) is 5.57. The van der Waals surface area contributed by atoms with E-state index in [9.17, 15) is 4.39 Å². The van der Waals surface area contributed by atoms with Crippen LogP contribution in [0.15, 0.2) is 24.3 Å². The summed E-state index contributed by atoms with van der Waals surface area (Å²) in [5.74, 6) is 0.428. The Kier molecular flexibility index (Phi) is 3.86. The van der Waals surface area contributed by atoms with Crippen LogP contribution in [0.3, 0.4) is 0 Å². The third kappa shape index (κ3) is 3.14. The Morgan fingerprint density at radius 2 is 2.00 bits per heavy atom. The summed E-state index contributed by atoms with van der Waals surface area (Å²) in [6.07, 6.45) is 0.927. The molecule has 3 nitrogen and oxygen atoms in total. The number of halogens is 1. The van der Waals surface area contributed by atoms with Gasteiger partial charge >= 0.3 is 0 Å². The van der Waals surface area contributed by atoms with Crippen molar-refractivity contribution < 1.29 is 4.39 Å². The smallest absolute Gasteiger partial charge is 0.130 e. The predicted molar refractivity (Wildman–Crippen MR) is 70.8 cm³/mol. The molecule has 0 N–H and O–H groups in total. The molecule has 0 amide bonds. The fraction of sp³-hybridized carbons (Fsp3) is 0.267. The van der Waals surface area contributed by atoms with E-state index in [1.54, 1.807) is 19.1 Å². The van der Waals surface area contributed by atoms with Gasteiger partial charge in [-0.05, 0) is 43.7 Å². The van der Waals surface area contributed by atoms with E-state index in [1.807, 2.05) is 13.0 Å². The lowest BCUT2D eigenvalue weighted by atomic mass is 10.1. The van der Waals surface area contributed by atoms with Gasteiger partial charge in [0.15, 0.2) is 0 Å². The first-order valence-electron chi connectivity index (χ1n) is 6.08. The van der Waals surface area contributed by atoms with Gasteiger partial charge in [-0.25, -0.2) is 14.4 Å². The molecule has 0 aliphatic heterocycles. The van der Waals surface area contributed by atoms with Gasteiger partial charge in [0.25, 0.3) is 0 Å². The van der Waals surface area contributed by atoms with E-state index in [2.05, 4.69) is 16.0 Å². The monoisotopic (exact) mass is 255 g/mol. The topological polar surface area (TPSA) is 49.6 Å². The minimum Gasteiger partial charge on any atom is -0.238 e. The van der Waals surface area contributed by atoms with Gasteiger partial charge in [-0.2, -0.15) is 5.26 Å². The molecule has 19 heavy (non-hydrogen) atoms. The first-order valence-corrected chi connectivity index (χ1v) is 6.08. The summed E-state index contributed by atoms with van der Waals surface area (Å²) < 4.78 is 13.3. The molecule has 2 aromatic rings. The molecule has 1 aromatic heterocycles. The second-order valence-electron chi connectivity index (χ2n) is 4.43. The molecule has 0 aliphatic rings. The summed E-state index contributed by atoms with van der Waals surface area (Å²) in [5, 5.41) is 8.60. The molecular weight excluding hydrogens is 241 g/mol. The lowest BCUT2D eigenvalue weighted by Gasteiger charge is -2.06. The van der Waals surface area contributed by atoms with Crippen molar-refractivity contribution in [1.29, 1.82) is 5.26 Å². The molecule has 0 radical (unpaired) electrons. The lowest BCUT2D eigenvalue weighted by Crippen LogP contribution is -1.99. The van der Waals surface area contributed by atoms with Gasteiger partial charge in [0.05, 0.1) is 11.8 Å². The number of nitrogens with zero attached hydrogens (tertiary/aromatic N) is 3. The van der Waals surface area contributed by atoms with Gasteiger partial charge in [-0.15, -0.1) is 0 Å². The Hall–Kier alpha value is -2.28. The summed E-state index contributed by atoms with van der Waals surface area (Å²) >= 11 is 0. The Labute approximate surface area is 111 Å². The maximum atomic E-state index is 13.3. The maximum Gasteiger partial charge on any atom is 0.130 e. The molecule has 1 aromatic carbocycles. The second-order valence-corrected chi connectivity index (χ2v) is 4.43. The van der Waals surface area contributed by atoms with Crippen LogP contribution in [-0.4, -0.2) is 9.97 Å². The van der Waals surface area contributed by atoms with Crippen LogP contribution >= 0.6 is 0 Å². The molecule has 4 heteroatoms. The zero-order valence-electron chi connectivity index (χ0n) is 10.9. The van der Waals surface area contributed by atoms with Gasteiger partial charge < -0.3 is 0 Å². The van der Waals surface area contributed by atoms with Crippen molar-refractivity contribution in [1.82, 2.24) is 9.97 Å². The van der Waals surface area contributed by atoms with E-state index in [1.165, 1.54) is 6.07 Å². The fourth-order valence-electron chi connectivity index (χ4n) is 1.86. The van der Waals surface area contributed by atoms with Gasteiger partial charge in [0, 0.05) is 24.1 Å². The molecule has 0 spiro atoms. The van der Waals surface area contributed by atoms with Crippen molar-refractivity contribution in [3.05, 3.63) is 47.2 Å². The summed E-state index contributed by atoms with van der Waals surface area (Å²) in [6, 6.07) is 8.86. The SMILES string of the molecule is Cc1cc(-c2ccc(F)c(C)c2)nc(CCC#N)n1. The Bertz CT molecular complexity index is 644. The highest BCUT2D eigenvalue weighted by Gasteiger charge is 2.06. The standard InChI is InChI=1S/C15H14FN3/c1-10-8-12(5-6-13(10)16)14-9-11(2)18-15(19-14)4-3-7-17/h5-6,8-9H,3-4H2,1-2H3. The highest BCUT2D eigenvalue weighted by atomic mass is 19.1. The number of aromatic nitrogens is 2. The number of hydrogen-bond acceptors (Lipinski definition) is 3. The number of hydrogen-bond donors (Lipinski definition) is 0. The predicted octanol–water partition coefficient (Wildman–Crippen LogP) is 3.36. The summed E-state index contributed by atoms with van der Waals surface area (Å²) in [6.45, 7) is 3.61. The zero-order chi connectivity index (χ0) is 13.8. The lowest BCUT2D eigenvalue weighted by molar-refractivity contribution is 0.618. The Morgan fingerprint density at radius 1 is 1.21 bits per heavy atom. The number of rotatable bonds is 3. The van der Waals surface area contributed by atoms with E-state index < -0.39 is 0 Å². The van der Waals surface area contributed by atoms with Crippen molar-refractivity contribution in [2.24, 2.45) is 0 Å². The van der Waals surface area contributed by atoms with Crippen LogP contribution in [0.2, 0.25) is 0 Å². The quantitative estimate of drug-likeness (QED) is 0.845. The van der Waals surface area contributed by atoms with E-state index >= 15 is 0 Å². The van der Waals surface area contributed by atoms with Gasteiger partial charge in [0.1, 0.15) is 11.6 Å². The van der Waals surface area contributed by atoms with E-state index in [0.717, 1.165) is 17.0 Å². The van der Waals surface area contributed by atoms with Crippen LogP contribution in [0.1, 0.15) is 23.5 Å². The molecule has 96 valence electrons.